The van der Waals surface area contributed by atoms with E-state index < -0.39 is 17.3 Å². The van der Waals surface area contributed by atoms with Gasteiger partial charge in [-0.15, -0.1) is 0 Å². The Balaban J connectivity index is 0.792. The molecule has 6 aliphatic heterocycles. The molecule has 10 bridgehead atoms. The minimum atomic E-state index is -0.847. The molecule has 0 radical (unpaired) electrons. The number of carbonyl (C=O) groups excluding carboxylic acids is 2. The summed E-state index contributed by atoms with van der Waals surface area (Å²) in [5.41, 5.74) is 12.1. The van der Waals surface area contributed by atoms with Crippen molar-refractivity contribution < 1.29 is 34.4 Å². The molecule has 89 heavy (non-hydrogen) atoms. The topological polar surface area (TPSA) is 167 Å². The van der Waals surface area contributed by atoms with E-state index in [0.29, 0.717) is 91.9 Å². The Morgan fingerprint density at radius 3 is 2.37 bits per heavy atom. The number of phenols is 2. The summed E-state index contributed by atoms with van der Waals surface area (Å²) < 4.78 is 14.0. The predicted molar refractivity (Wildman–Crippen MR) is 354 cm³/mol. The molecule has 7 spiro atoms. The van der Waals surface area contributed by atoms with Gasteiger partial charge in [0.1, 0.15) is 21.8 Å². The van der Waals surface area contributed by atoms with Crippen molar-refractivity contribution in [3.63, 3.8) is 0 Å². The molecular formula is C76H100N4O7S2. The third-order valence-electron chi connectivity index (χ3n) is 28.7. The molecule has 478 valence electrons. The number of carbonyl (C=O) groups is 2. The molecule has 1 saturated heterocycles. The molecule has 15 unspecified atom stereocenters. The van der Waals surface area contributed by atoms with Crippen LogP contribution in [0, 0.1) is 56.7 Å². The standard InChI is InChI=1S/C76H100N4O7S2/c1-49(81)86-71-34-23-52-39-56(66(85)67-65(52)53-24-36-74(87-67)29-9-13-57(74)40-53)46-80-48-72(44-64(80)84)58(18-21-62(72)51-11-3-2-4-12-51)45-78-68(77)79-76(32-10-28-69(76)26-5-6-27-69)89-88-47-59-17-14-55(61(25-35-71)63(83)43-71)42-73(59)38-37-70(75(73)30-7-8-31-75)33-22-54(41-70)50-15-19-60(82)20-16-50/h2-4,11-12,15-16,19-20,24,36,39,53-55,57-59,61-63,82-83,85H,5-10,13-14,17-18,21-23,25-35,37-38,40-48H2,1H3,(H3,77,78,79). The van der Waals surface area contributed by atoms with Crippen LogP contribution < -0.4 is 15.8 Å². The number of aliphatic hydroxyl groups excluding tert-OH is 1. The number of allylic oxidation sites excluding steroid dienone is 1. The lowest BCUT2D eigenvalue weighted by Gasteiger charge is -2.60. The number of esters is 1. The van der Waals surface area contributed by atoms with Crippen molar-refractivity contribution in [3.8, 4) is 17.2 Å². The minimum Gasteiger partial charge on any atom is -0.508 e. The molecule has 10 aliphatic carbocycles. The number of aryl methyl sites for hydroxylation is 1. The number of amides is 1. The lowest BCUT2D eigenvalue weighted by atomic mass is 9.45. The number of nitrogens with zero attached hydrogens (tertiary/aromatic N) is 2. The van der Waals surface area contributed by atoms with E-state index in [9.17, 15) is 20.1 Å². The number of guanidine groups is 1. The Hall–Kier alpha value is -4.33. The normalized spacial score (nSPS) is 41.1. The van der Waals surface area contributed by atoms with Gasteiger partial charge in [-0.05, 0) is 253 Å². The van der Waals surface area contributed by atoms with Crippen molar-refractivity contribution >= 4 is 39.4 Å². The van der Waals surface area contributed by atoms with Gasteiger partial charge in [-0.3, -0.25) is 14.6 Å². The summed E-state index contributed by atoms with van der Waals surface area (Å²) in [6.45, 7) is 2.95. The number of phenolic OH excluding ortho intramolecular Hbond substituents is 2. The molecule has 1 amide bonds. The SMILES string of the molecule is CC(=O)OC12CCc3cc(c(O)c4c3C3C=CC5(CCCC5C3)O4)CN3CC4(CC3=O)C(CCC4c3ccccc3)CN=C(N)NC3(CCCC34CCCC4)SSCC3CCC(CC34CCC3(CCC(c5ccc(O)cc5)C3)C43CCCC3)C(CC1)C(O)C2. The second kappa shape index (κ2) is 22.4. The average molecular weight is 1250 g/mol. The number of aliphatic imine (C=N–C) groups is 1. The zero-order chi connectivity index (χ0) is 60.6. The molecular weight excluding hydrogens is 1140 g/mol. The maximum atomic E-state index is 15.1. The van der Waals surface area contributed by atoms with Crippen LogP contribution in [0.4, 0.5) is 0 Å². The Bertz CT molecular complexity index is 3270. The lowest BCUT2D eigenvalue weighted by molar-refractivity contribution is -0.173. The van der Waals surface area contributed by atoms with Crippen LogP contribution in [-0.4, -0.2) is 79.1 Å². The quantitative estimate of drug-likeness (QED) is 0.0962. The summed E-state index contributed by atoms with van der Waals surface area (Å²) in [4.78, 5) is 35.9. The highest BCUT2D eigenvalue weighted by molar-refractivity contribution is 8.77. The highest BCUT2D eigenvalue weighted by Gasteiger charge is 2.72. The van der Waals surface area contributed by atoms with E-state index in [-0.39, 0.29) is 79.8 Å². The first-order valence-electron chi connectivity index (χ1n) is 35.8. The number of hydrogen-bond acceptors (Lipinski definition) is 12. The van der Waals surface area contributed by atoms with E-state index >= 15 is 4.79 Å². The van der Waals surface area contributed by atoms with Gasteiger partial charge >= 0.3 is 5.97 Å². The van der Waals surface area contributed by atoms with Crippen LogP contribution in [0.5, 0.6) is 17.2 Å². The fraction of sp³-hybridized carbons (Fsp3) is 0.697. The highest BCUT2D eigenvalue weighted by Crippen LogP contribution is 2.80. The van der Waals surface area contributed by atoms with Gasteiger partial charge in [0.05, 0.1) is 6.10 Å². The molecule has 6 heterocycles. The van der Waals surface area contributed by atoms with Crippen molar-refractivity contribution in [1.29, 1.82) is 0 Å². The van der Waals surface area contributed by atoms with Crippen LogP contribution in [0.25, 0.3) is 0 Å². The monoisotopic (exact) mass is 1240 g/mol. The number of fused-ring (bicyclic) bond motifs is 2. The van der Waals surface area contributed by atoms with Gasteiger partial charge in [-0.2, -0.15) is 0 Å². The summed E-state index contributed by atoms with van der Waals surface area (Å²) in [5, 5.41) is 40.5. The highest BCUT2D eigenvalue weighted by atomic mass is 33.1. The number of benzene rings is 3. The number of nitrogens with two attached hydrogens (primary N) is 1. The van der Waals surface area contributed by atoms with Crippen molar-refractivity contribution in [2.75, 3.05) is 18.8 Å². The Kier molecular flexibility index (Phi) is 15.0. The van der Waals surface area contributed by atoms with Gasteiger partial charge < -0.3 is 40.7 Å². The Labute approximate surface area is 537 Å². The minimum absolute atomic E-state index is 0.0718. The molecule has 10 fully saturated rings. The largest absolute Gasteiger partial charge is 0.508 e. The van der Waals surface area contributed by atoms with Crippen molar-refractivity contribution in [1.82, 2.24) is 10.2 Å². The van der Waals surface area contributed by atoms with E-state index in [1.165, 1.54) is 120 Å². The van der Waals surface area contributed by atoms with E-state index in [0.717, 1.165) is 74.7 Å². The third-order valence-corrected chi connectivity index (χ3v) is 32.0. The number of nitrogens with one attached hydrogen (secondary N) is 1. The van der Waals surface area contributed by atoms with Crippen LogP contribution >= 0.6 is 21.6 Å². The fourth-order valence-electron chi connectivity index (χ4n) is 24.8. The summed E-state index contributed by atoms with van der Waals surface area (Å²) in [6, 6.07) is 21.3. The van der Waals surface area contributed by atoms with E-state index in [4.69, 9.17) is 20.2 Å². The van der Waals surface area contributed by atoms with Gasteiger partial charge in [0.25, 0.3) is 0 Å². The first-order valence-corrected chi connectivity index (χ1v) is 38.1. The maximum Gasteiger partial charge on any atom is 0.303 e. The molecule has 6 N–H and O–H groups in total. The molecule has 3 aromatic carbocycles. The Morgan fingerprint density at radius 2 is 1.56 bits per heavy atom. The fourth-order valence-corrected chi connectivity index (χ4v) is 28.8. The predicted octanol–water partition coefficient (Wildman–Crippen LogP) is 15.8. The summed E-state index contributed by atoms with van der Waals surface area (Å²) >= 11 is 0. The summed E-state index contributed by atoms with van der Waals surface area (Å²) in [6.07, 6.45) is 37.1. The van der Waals surface area contributed by atoms with Gasteiger partial charge in [-0.1, -0.05) is 95.8 Å². The molecule has 19 rings (SSSR count). The summed E-state index contributed by atoms with van der Waals surface area (Å²) in [7, 11) is 4.31. The van der Waals surface area contributed by atoms with Crippen LogP contribution in [0.2, 0.25) is 0 Å². The lowest BCUT2D eigenvalue weighted by Crippen LogP contribution is -2.56. The first kappa shape index (κ1) is 59.7. The first-order chi connectivity index (χ1) is 43.1. The second-order valence-electron chi connectivity index (χ2n) is 32.2. The van der Waals surface area contributed by atoms with Gasteiger partial charge in [0.15, 0.2) is 17.5 Å². The van der Waals surface area contributed by atoms with E-state index in [1.54, 1.807) is 6.92 Å². The van der Waals surface area contributed by atoms with Crippen LogP contribution in [0.3, 0.4) is 0 Å². The average Bonchev–Trinajstić information content (AvgIpc) is 1.56. The van der Waals surface area contributed by atoms with Gasteiger partial charge in [0.2, 0.25) is 5.91 Å². The number of aromatic hydroxyl groups is 2. The number of hydrogen-bond donors (Lipinski definition) is 5. The van der Waals surface area contributed by atoms with Crippen molar-refractivity contribution in [2.24, 2.45) is 67.4 Å². The smallest absolute Gasteiger partial charge is 0.303 e. The zero-order valence-corrected chi connectivity index (χ0v) is 54.8. The van der Waals surface area contributed by atoms with Gasteiger partial charge in [-0.25, -0.2) is 0 Å². The third kappa shape index (κ3) is 9.48. The zero-order valence-electron chi connectivity index (χ0n) is 53.1. The van der Waals surface area contributed by atoms with Crippen molar-refractivity contribution in [3.05, 3.63) is 101 Å². The van der Waals surface area contributed by atoms with Crippen LogP contribution in [-0.2, 0) is 27.3 Å². The number of rotatable bonds is 3. The molecule has 16 aliphatic rings. The molecule has 11 nitrogen and oxygen atoms in total. The maximum absolute atomic E-state index is 15.1. The van der Waals surface area contributed by atoms with E-state index in [1.807, 2.05) is 17.0 Å². The van der Waals surface area contributed by atoms with E-state index in [2.05, 4.69) is 87.6 Å². The van der Waals surface area contributed by atoms with Crippen LogP contribution in [0.1, 0.15) is 245 Å². The molecule has 9 saturated carbocycles. The van der Waals surface area contributed by atoms with Gasteiger partial charge in [0, 0.05) is 78.9 Å². The molecule has 3 aromatic rings. The number of ether oxygens (including phenoxy) is 2. The van der Waals surface area contributed by atoms with Crippen LogP contribution in [0.15, 0.2) is 77.8 Å². The molecule has 0 aromatic heterocycles. The molecule has 13 heteroatoms. The number of aliphatic hydroxyl groups is 1. The second-order valence-corrected chi connectivity index (χ2v) is 34.8. The summed E-state index contributed by atoms with van der Waals surface area (Å²) in [5.74, 6) is 4.90. The van der Waals surface area contributed by atoms with Crippen molar-refractivity contribution in [2.45, 2.75) is 252 Å². The Morgan fingerprint density at radius 1 is 0.764 bits per heavy atom. The molecule has 15 atom stereocenters.